The normalized spacial score (nSPS) is 18.8. The molecule has 0 spiro atoms. The Labute approximate surface area is 383 Å². The number of ether oxygens (including phenoxy) is 3. The molecule has 2 fully saturated rings. The van der Waals surface area contributed by atoms with Gasteiger partial charge in [0, 0.05) is 40.7 Å². The summed E-state index contributed by atoms with van der Waals surface area (Å²) in [5.74, 6) is 1.56. The maximum Gasteiger partial charge on any atom is 0.407 e. The van der Waals surface area contributed by atoms with Gasteiger partial charge in [0.15, 0.2) is 0 Å². The highest BCUT2D eigenvalue weighted by Crippen LogP contribution is 2.46. The maximum absolute atomic E-state index is 13.9. The number of aromatic amines is 2. The van der Waals surface area contributed by atoms with Gasteiger partial charge in [0.1, 0.15) is 29.5 Å². The van der Waals surface area contributed by atoms with Gasteiger partial charge in [-0.3, -0.25) is 9.59 Å². The number of fused-ring (bicyclic) bond motifs is 5. The predicted molar refractivity (Wildman–Crippen MR) is 248 cm³/mol. The minimum absolute atomic E-state index is 0.128. The molecule has 344 valence electrons. The molecule has 4 N–H and O–H groups in total. The summed E-state index contributed by atoms with van der Waals surface area (Å²) in [5, 5.41) is 6.51. The number of likely N-dealkylation sites (tertiary alicyclic amines) is 2. The Morgan fingerprint density at radius 3 is 1.91 bits per heavy atom. The van der Waals surface area contributed by atoms with Crippen LogP contribution in [0.3, 0.4) is 0 Å². The maximum atomic E-state index is 13.9. The Hall–Kier alpha value is -7.10. The molecular weight excluding hydrogens is 839 g/mol. The fourth-order valence-corrected chi connectivity index (χ4v) is 9.68. The van der Waals surface area contributed by atoms with E-state index in [1.807, 2.05) is 68.0 Å². The van der Waals surface area contributed by atoms with Crippen LogP contribution in [-0.2, 0) is 19.1 Å². The van der Waals surface area contributed by atoms with Gasteiger partial charge in [-0.15, -0.1) is 0 Å². The Balaban J connectivity index is 0.995. The van der Waals surface area contributed by atoms with E-state index in [0.717, 1.165) is 81.7 Å². The van der Waals surface area contributed by atoms with Crippen LogP contribution in [0.4, 0.5) is 9.59 Å². The van der Waals surface area contributed by atoms with Crippen LogP contribution in [0.1, 0.15) is 95.8 Å². The number of methoxy groups -OCH3 is 1. The topological polar surface area (TPSA) is 189 Å². The third-order valence-corrected chi connectivity index (χ3v) is 13.0. The largest absolute Gasteiger partial charge is 0.465 e. The van der Waals surface area contributed by atoms with E-state index in [2.05, 4.69) is 73.7 Å². The van der Waals surface area contributed by atoms with Gasteiger partial charge in [0.2, 0.25) is 18.0 Å². The van der Waals surface area contributed by atoms with Crippen LogP contribution in [0.15, 0.2) is 85.2 Å². The molecule has 3 aliphatic heterocycles. The van der Waals surface area contributed by atoms with E-state index < -0.39 is 30.5 Å². The minimum atomic E-state index is -0.718. The molecule has 9 rings (SSSR count). The van der Waals surface area contributed by atoms with E-state index >= 15 is 0 Å². The molecule has 16 nitrogen and oxygen atoms in total. The predicted octanol–water partition coefficient (Wildman–Crippen LogP) is 8.51. The van der Waals surface area contributed by atoms with Gasteiger partial charge in [-0.2, -0.15) is 0 Å². The first-order valence-corrected chi connectivity index (χ1v) is 22.9. The molecule has 66 heavy (non-hydrogen) atoms. The van der Waals surface area contributed by atoms with Crippen molar-refractivity contribution >= 4 is 34.9 Å². The second kappa shape index (κ2) is 18.4. The second-order valence-corrected chi connectivity index (χ2v) is 18.0. The third kappa shape index (κ3) is 8.35. The molecule has 1 unspecified atom stereocenters. The van der Waals surface area contributed by atoms with Crippen molar-refractivity contribution in [1.82, 2.24) is 44.9 Å². The molecule has 3 aromatic heterocycles. The standard InChI is InChI=1S/C50H57N9O7/c1-7-65-50(63)56-43(29(4)5)47(61)58-22-12-16-39(58)45-52-27-36(54-45)32-17-19-34-40-24-33-23-31(18-20-37(33)59(40)48(66-41(34)25-32)30-13-9-8-10-14-30)35-26-51-44(53-35)38-15-11-21-57(38)46(60)42(28(2)3)55-49(62)64-6/h8-10,13-14,17-20,23-29,38-39,42-43,48H,7,11-12,15-16,21-22H2,1-6H3,(H,51,53)(H,52,54)(H,55,62)(H,56,63)/t38-,39-,42-,43-,48?/m0/s1. The first-order chi connectivity index (χ1) is 31.9. The number of imidazole rings is 2. The van der Waals surface area contributed by atoms with Crippen molar-refractivity contribution < 1.29 is 33.4 Å². The quantitative estimate of drug-likeness (QED) is 0.0934. The van der Waals surface area contributed by atoms with Crippen molar-refractivity contribution in [2.75, 3.05) is 26.8 Å². The molecule has 3 aromatic carbocycles. The Morgan fingerprint density at radius 1 is 0.758 bits per heavy atom. The molecule has 3 aliphatic rings. The number of aromatic nitrogens is 5. The molecule has 16 heteroatoms. The molecular formula is C50H57N9O7. The highest BCUT2D eigenvalue weighted by atomic mass is 16.5. The summed E-state index contributed by atoms with van der Waals surface area (Å²) in [6, 6.07) is 23.0. The highest BCUT2D eigenvalue weighted by Gasteiger charge is 2.39. The van der Waals surface area contributed by atoms with E-state index in [1.54, 1.807) is 13.1 Å². The summed E-state index contributed by atoms with van der Waals surface area (Å²) >= 11 is 0. The molecule has 5 atom stereocenters. The molecule has 0 saturated carbocycles. The molecule has 0 radical (unpaired) electrons. The SMILES string of the molecule is CCOC(=O)N[C@H](C(=O)N1CCC[C@H]1c1ncc(-c2ccc3c(c2)OC(c2ccccc2)n2c-3cc3cc(-c4cnc([C@@H]5CCCN5C(=O)[C@@H](NC(=O)OC)C(C)C)[nH]4)ccc32)[nH]1)C(C)C. The number of hydrogen-bond acceptors (Lipinski definition) is 9. The smallest absolute Gasteiger partial charge is 0.407 e. The van der Waals surface area contributed by atoms with Crippen molar-refractivity contribution in [2.45, 2.75) is 90.7 Å². The van der Waals surface area contributed by atoms with Crippen LogP contribution >= 0.6 is 0 Å². The number of rotatable bonds is 12. The first kappa shape index (κ1) is 44.1. The fraction of sp³-hybridized carbons (Fsp3) is 0.400. The number of carbonyl (C=O) groups is 4. The Morgan fingerprint density at radius 2 is 1.33 bits per heavy atom. The zero-order chi connectivity index (χ0) is 46.2. The van der Waals surface area contributed by atoms with Gasteiger partial charge >= 0.3 is 12.2 Å². The van der Waals surface area contributed by atoms with Crippen molar-refractivity contribution in [3.8, 4) is 39.5 Å². The third-order valence-electron chi connectivity index (χ3n) is 13.0. The van der Waals surface area contributed by atoms with E-state index in [-0.39, 0.29) is 42.3 Å². The zero-order valence-electron chi connectivity index (χ0n) is 38.2. The average Bonchev–Trinajstić information content (AvgIpc) is 4.18. The van der Waals surface area contributed by atoms with Gasteiger partial charge in [0.05, 0.1) is 60.8 Å². The number of carbonyl (C=O) groups excluding carboxylic acids is 4. The van der Waals surface area contributed by atoms with E-state index in [9.17, 15) is 19.2 Å². The van der Waals surface area contributed by atoms with Crippen molar-refractivity contribution in [2.24, 2.45) is 11.8 Å². The number of benzene rings is 3. The number of nitrogens with one attached hydrogen (secondary N) is 4. The van der Waals surface area contributed by atoms with E-state index in [0.29, 0.717) is 24.7 Å². The first-order valence-electron chi connectivity index (χ1n) is 22.9. The molecule has 6 heterocycles. The lowest BCUT2D eigenvalue weighted by Gasteiger charge is -2.30. The lowest BCUT2D eigenvalue weighted by molar-refractivity contribution is -0.136. The summed E-state index contributed by atoms with van der Waals surface area (Å²) in [5.41, 5.74) is 7.44. The lowest BCUT2D eigenvalue weighted by Crippen LogP contribution is -2.51. The van der Waals surface area contributed by atoms with Crippen molar-refractivity contribution in [1.29, 1.82) is 0 Å². The molecule has 0 bridgehead atoms. The Bertz CT molecular complexity index is 2760. The summed E-state index contributed by atoms with van der Waals surface area (Å²) in [6.07, 6.45) is 5.09. The second-order valence-electron chi connectivity index (χ2n) is 18.0. The van der Waals surface area contributed by atoms with Gasteiger partial charge in [0.25, 0.3) is 0 Å². The number of amides is 4. The van der Waals surface area contributed by atoms with Crippen LogP contribution in [0, 0.1) is 11.8 Å². The van der Waals surface area contributed by atoms with Gasteiger partial charge < -0.3 is 49.2 Å². The monoisotopic (exact) mass is 895 g/mol. The highest BCUT2D eigenvalue weighted by molar-refractivity contribution is 5.93. The number of H-pyrrole nitrogens is 2. The zero-order valence-corrected chi connectivity index (χ0v) is 38.2. The van der Waals surface area contributed by atoms with Crippen molar-refractivity contribution in [3.05, 3.63) is 102 Å². The van der Waals surface area contributed by atoms with Crippen LogP contribution < -0.4 is 15.4 Å². The van der Waals surface area contributed by atoms with E-state index in [4.69, 9.17) is 24.2 Å². The van der Waals surface area contributed by atoms with E-state index in [1.165, 1.54) is 7.11 Å². The lowest BCUT2D eigenvalue weighted by atomic mass is 10.0. The fourth-order valence-electron chi connectivity index (χ4n) is 9.68. The summed E-state index contributed by atoms with van der Waals surface area (Å²) < 4.78 is 19.1. The molecule has 4 amide bonds. The molecule has 6 aromatic rings. The summed E-state index contributed by atoms with van der Waals surface area (Å²) in [4.78, 5) is 72.3. The van der Waals surface area contributed by atoms with Crippen LogP contribution in [-0.4, -0.2) is 97.2 Å². The summed E-state index contributed by atoms with van der Waals surface area (Å²) in [7, 11) is 1.29. The summed E-state index contributed by atoms with van der Waals surface area (Å²) in [6.45, 7) is 10.7. The van der Waals surface area contributed by atoms with Gasteiger partial charge in [-0.05, 0) is 74.8 Å². The number of hydrogen-bond donors (Lipinski definition) is 4. The Kier molecular flexibility index (Phi) is 12.3. The minimum Gasteiger partial charge on any atom is -0.465 e. The molecule has 0 aliphatic carbocycles. The number of alkyl carbamates (subject to hydrolysis) is 2. The van der Waals surface area contributed by atoms with Gasteiger partial charge in [-0.1, -0.05) is 70.2 Å². The van der Waals surface area contributed by atoms with Crippen LogP contribution in [0.25, 0.3) is 44.7 Å². The number of nitrogens with zero attached hydrogens (tertiary/aromatic N) is 5. The van der Waals surface area contributed by atoms with Gasteiger partial charge in [-0.25, -0.2) is 19.6 Å². The van der Waals surface area contributed by atoms with Crippen molar-refractivity contribution in [3.63, 3.8) is 0 Å². The van der Waals surface area contributed by atoms with Crippen LogP contribution in [0.5, 0.6) is 5.75 Å². The van der Waals surface area contributed by atoms with Crippen LogP contribution in [0.2, 0.25) is 0 Å². The molecule has 2 saturated heterocycles. The average molecular weight is 896 g/mol.